The molecule has 0 aromatic rings. The van der Waals surface area contributed by atoms with Crippen molar-refractivity contribution in [1.82, 2.24) is 4.90 Å². The van der Waals surface area contributed by atoms with Crippen molar-refractivity contribution in [2.45, 2.75) is 39.3 Å². The van der Waals surface area contributed by atoms with Crippen molar-refractivity contribution in [3.8, 4) is 0 Å². The summed E-state index contributed by atoms with van der Waals surface area (Å²) in [6.45, 7) is 9.25. The lowest BCUT2D eigenvalue weighted by Crippen LogP contribution is -2.32. The molecule has 0 aliphatic carbocycles. The summed E-state index contributed by atoms with van der Waals surface area (Å²) in [5, 5.41) is 9.33. The molecule has 0 aliphatic heterocycles. The van der Waals surface area contributed by atoms with Gasteiger partial charge < -0.3 is 5.11 Å². The van der Waals surface area contributed by atoms with Crippen molar-refractivity contribution in [2.24, 2.45) is 0 Å². The second-order valence-corrected chi connectivity index (χ2v) is 3.41. The van der Waals surface area contributed by atoms with Gasteiger partial charge in [-0.15, -0.1) is 6.58 Å². The first-order valence-corrected chi connectivity index (χ1v) is 5.40. The molecule has 1 N–H and O–H groups in total. The van der Waals surface area contributed by atoms with Crippen molar-refractivity contribution in [3.05, 3.63) is 24.8 Å². The molecule has 0 aliphatic rings. The third kappa shape index (κ3) is 6.87. The minimum absolute atomic E-state index is 0.349. The fourth-order valence-electron chi connectivity index (χ4n) is 1.25. The van der Waals surface area contributed by atoms with E-state index in [1.54, 1.807) is 6.92 Å². The second-order valence-electron chi connectivity index (χ2n) is 3.41. The average Bonchev–Trinajstić information content (AvgIpc) is 2.16. The van der Waals surface area contributed by atoms with E-state index in [4.69, 9.17) is 0 Å². The number of aliphatic hydroxyl groups excluding tert-OH is 1. The Hall–Kier alpha value is -0.600. The largest absolute Gasteiger partial charge is 0.379 e. The van der Waals surface area contributed by atoms with Crippen molar-refractivity contribution >= 4 is 0 Å². The van der Waals surface area contributed by atoms with Crippen LogP contribution in [-0.4, -0.2) is 29.3 Å². The van der Waals surface area contributed by atoms with Crippen LogP contribution in [0.25, 0.3) is 0 Å². The number of allylic oxidation sites excluding steroid dienone is 2. The SMILES string of the molecule is C=CCCC/C=C/CN(CC)C(C)O. The number of likely N-dealkylation sites (N-methyl/N-ethyl adjacent to an activating group) is 1. The van der Waals surface area contributed by atoms with Gasteiger partial charge in [0.1, 0.15) is 6.23 Å². The summed E-state index contributed by atoms with van der Waals surface area (Å²) in [7, 11) is 0. The fourth-order valence-corrected chi connectivity index (χ4v) is 1.25. The monoisotopic (exact) mass is 197 g/mol. The van der Waals surface area contributed by atoms with E-state index in [1.807, 2.05) is 11.0 Å². The Kier molecular flexibility index (Phi) is 8.59. The third-order valence-electron chi connectivity index (χ3n) is 2.22. The molecule has 0 amide bonds. The van der Waals surface area contributed by atoms with Gasteiger partial charge in [0.05, 0.1) is 0 Å². The van der Waals surface area contributed by atoms with Gasteiger partial charge in [-0.05, 0) is 32.7 Å². The summed E-state index contributed by atoms with van der Waals surface area (Å²) in [6.07, 6.45) is 9.25. The quantitative estimate of drug-likeness (QED) is 0.367. The highest BCUT2D eigenvalue weighted by Crippen LogP contribution is 1.99. The van der Waals surface area contributed by atoms with Gasteiger partial charge in [-0.3, -0.25) is 4.90 Å². The summed E-state index contributed by atoms with van der Waals surface area (Å²) in [6, 6.07) is 0. The second kappa shape index (κ2) is 8.97. The summed E-state index contributed by atoms with van der Waals surface area (Å²) >= 11 is 0. The van der Waals surface area contributed by atoms with Crippen LogP contribution in [0.4, 0.5) is 0 Å². The number of hydrogen-bond donors (Lipinski definition) is 1. The maximum absolute atomic E-state index is 9.33. The number of nitrogens with zero attached hydrogens (tertiary/aromatic N) is 1. The molecule has 0 aromatic carbocycles. The molecule has 0 spiro atoms. The molecule has 1 unspecified atom stereocenters. The van der Waals surface area contributed by atoms with Crippen LogP contribution in [0.2, 0.25) is 0 Å². The Morgan fingerprint density at radius 3 is 2.57 bits per heavy atom. The zero-order valence-electron chi connectivity index (χ0n) is 9.45. The van der Waals surface area contributed by atoms with Crippen molar-refractivity contribution in [2.75, 3.05) is 13.1 Å². The Morgan fingerprint density at radius 2 is 2.07 bits per heavy atom. The molecule has 0 aromatic heterocycles. The van der Waals surface area contributed by atoms with Crippen molar-refractivity contribution in [1.29, 1.82) is 0 Å². The van der Waals surface area contributed by atoms with E-state index >= 15 is 0 Å². The molecule has 0 rings (SSSR count). The Balaban J connectivity index is 3.52. The smallest absolute Gasteiger partial charge is 0.104 e. The van der Waals surface area contributed by atoms with Crippen LogP contribution in [0.3, 0.4) is 0 Å². The number of aliphatic hydroxyl groups is 1. The lowest BCUT2D eigenvalue weighted by molar-refractivity contribution is 0.0311. The highest BCUT2D eigenvalue weighted by atomic mass is 16.3. The lowest BCUT2D eigenvalue weighted by Gasteiger charge is -2.21. The van der Waals surface area contributed by atoms with Gasteiger partial charge in [0.15, 0.2) is 0 Å². The van der Waals surface area contributed by atoms with Gasteiger partial charge in [-0.2, -0.15) is 0 Å². The molecular formula is C12H23NO. The van der Waals surface area contributed by atoms with E-state index in [0.29, 0.717) is 0 Å². The molecule has 82 valence electrons. The van der Waals surface area contributed by atoms with E-state index in [-0.39, 0.29) is 6.23 Å². The van der Waals surface area contributed by atoms with E-state index in [1.165, 1.54) is 6.42 Å². The summed E-state index contributed by atoms with van der Waals surface area (Å²) < 4.78 is 0. The zero-order valence-corrected chi connectivity index (χ0v) is 9.45. The predicted octanol–water partition coefficient (Wildman–Crippen LogP) is 2.56. The molecular weight excluding hydrogens is 174 g/mol. The fraction of sp³-hybridized carbons (Fsp3) is 0.667. The van der Waals surface area contributed by atoms with Gasteiger partial charge in [-0.25, -0.2) is 0 Å². The van der Waals surface area contributed by atoms with Gasteiger partial charge in [-0.1, -0.05) is 25.2 Å². The van der Waals surface area contributed by atoms with Crippen LogP contribution in [0.1, 0.15) is 33.1 Å². The normalized spacial score (nSPS) is 13.7. The molecule has 0 saturated heterocycles. The zero-order chi connectivity index (χ0) is 10.8. The van der Waals surface area contributed by atoms with Gasteiger partial charge >= 0.3 is 0 Å². The van der Waals surface area contributed by atoms with Gasteiger partial charge in [0, 0.05) is 6.54 Å². The molecule has 2 heteroatoms. The minimum Gasteiger partial charge on any atom is -0.379 e. The minimum atomic E-state index is -0.349. The van der Waals surface area contributed by atoms with Crippen LogP contribution < -0.4 is 0 Å². The van der Waals surface area contributed by atoms with Gasteiger partial charge in [0.2, 0.25) is 0 Å². The van der Waals surface area contributed by atoms with Gasteiger partial charge in [0.25, 0.3) is 0 Å². The molecule has 0 bridgehead atoms. The van der Waals surface area contributed by atoms with Crippen LogP contribution >= 0.6 is 0 Å². The highest BCUT2D eigenvalue weighted by molar-refractivity contribution is 4.85. The van der Waals surface area contributed by atoms with E-state index in [0.717, 1.165) is 25.9 Å². The maximum Gasteiger partial charge on any atom is 0.104 e. The molecule has 0 heterocycles. The molecule has 0 fully saturated rings. The molecule has 1 atom stereocenters. The first kappa shape index (κ1) is 13.4. The predicted molar refractivity (Wildman–Crippen MR) is 62.1 cm³/mol. The van der Waals surface area contributed by atoms with E-state index in [2.05, 4.69) is 25.7 Å². The average molecular weight is 197 g/mol. The van der Waals surface area contributed by atoms with Crippen molar-refractivity contribution < 1.29 is 5.11 Å². The standard InChI is InChI=1S/C12H23NO/c1-4-6-7-8-9-10-11-13(5-2)12(3)14/h4,9-10,12,14H,1,5-8,11H2,2-3H3/b10-9+. The first-order chi connectivity index (χ1) is 6.72. The van der Waals surface area contributed by atoms with E-state index < -0.39 is 0 Å². The number of rotatable bonds is 8. The van der Waals surface area contributed by atoms with Crippen molar-refractivity contribution in [3.63, 3.8) is 0 Å². The Labute approximate surface area is 87.9 Å². The van der Waals surface area contributed by atoms with Crippen LogP contribution in [0, 0.1) is 0 Å². The lowest BCUT2D eigenvalue weighted by atomic mass is 10.2. The summed E-state index contributed by atoms with van der Waals surface area (Å²) in [5.74, 6) is 0. The van der Waals surface area contributed by atoms with Crippen LogP contribution in [-0.2, 0) is 0 Å². The topological polar surface area (TPSA) is 23.5 Å². The Bertz CT molecular complexity index is 164. The molecule has 2 nitrogen and oxygen atoms in total. The molecule has 0 radical (unpaired) electrons. The van der Waals surface area contributed by atoms with Crippen LogP contribution in [0.5, 0.6) is 0 Å². The summed E-state index contributed by atoms with van der Waals surface area (Å²) in [5.41, 5.74) is 0. The molecule has 0 saturated carbocycles. The number of hydrogen-bond acceptors (Lipinski definition) is 2. The van der Waals surface area contributed by atoms with E-state index in [9.17, 15) is 5.11 Å². The molecule has 14 heavy (non-hydrogen) atoms. The number of unbranched alkanes of at least 4 members (excludes halogenated alkanes) is 2. The first-order valence-electron chi connectivity index (χ1n) is 5.40. The third-order valence-corrected chi connectivity index (χ3v) is 2.22. The summed E-state index contributed by atoms with van der Waals surface area (Å²) in [4.78, 5) is 2.00. The highest BCUT2D eigenvalue weighted by Gasteiger charge is 2.04. The van der Waals surface area contributed by atoms with Crippen LogP contribution in [0.15, 0.2) is 24.8 Å². The maximum atomic E-state index is 9.33. The Morgan fingerprint density at radius 1 is 1.36 bits per heavy atom.